The van der Waals surface area contributed by atoms with Crippen molar-refractivity contribution in [2.45, 2.75) is 37.6 Å². The molecule has 2 aliphatic rings. The monoisotopic (exact) mass is 448 g/mol. The van der Waals surface area contributed by atoms with E-state index in [4.69, 9.17) is 19.4 Å². The second-order valence-corrected chi connectivity index (χ2v) is 7.18. The van der Waals surface area contributed by atoms with E-state index in [2.05, 4.69) is 14.9 Å². The predicted molar refractivity (Wildman–Crippen MR) is 102 cm³/mol. The molecule has 12 heteroatoms. The molecule has 31 heavy (non-hydrogen) atoms. The Labute approximate surface area is 178 Å². The molecular formula is C19H27F3N4O5. The third-order valence-electron chi connectivity index (χ3n) is 5.12. The van der Waals surface area contributed by atoms with Crippen LogP contribution in [-0.4, -0.2) is 102 Å². The van der Waals surface area contributed by atoms with Crippen molar-refractivity contribution >= 4 is 11.9 Å². The minimum Gasteiger partial charge on any atom is -0.475 e. The first-order valence-electron chi connectivity index (χ1n) is 9.88. The van der Waals surface area contributed by atoms with Crippen LogP contribution >= 0.6 is 0 Å². The Morgan fingerprint density at radius 1 is 1.29 bits per heavy atom. The number of halogens is 3. The Morgan fingerprint density at radius 3 is 2.58 bits per heavy atom. The van der Waals surface area contributed by atoms with Crippen molar-refractivity contribution in [2.75, 3.05) is 46.5 Å². The average molecular weight is 448 g/mol. The average Bonchev–Trinajstić information content (AvgIpc) is 2.76. The molecule has 1 aromatic rings. The van der Waals surface area contributed by atoms with Gasteiger partial charge in [-0.15, -0.1) is 0 Å². The van der Waals surface area contributed by atoms with Gasteiger partial charge in [0.15, 0.2) is 0 Å². The Hall–Kier alpha value is -2.31. The molecule has 9 nitrogen and oxygen atoms in total. The number of ether oxygens (including phenoxy) is 2. The van der Waals surface area contributed by atoms with E-state index in [0.717, 1.165) is 44.8 Å². The second kappa shape index (κ2) is 11.9. The fraction of sp³-hybridized carbons (Fsp3) is 0.684. The van der Waals surface area contributed by atoms with Crippen LogP contribution in [0.5, 0.6) is 0 Å². The number of aliphatic carboxylic acids is 1. The van der Waals surface area contributed by atoms with E-state index in [-0.39, 0.29) is 18.1 Å². The summed E-state index contributed by atoms with van der Waals surface area (Å²) in [4.78, 5) is 33.8. The molecule has 0 saturated carbocycles. The highest BCUT2D eigenvalue weighted by Gasteiger charge is 2.39. The lowest BCUT2D eigenvalue weighted by molar-refractivity contribution is -0.192. The molecule has 174 valence electrons. The first-order chi connectivity index (χ1) is 14.7. The summed E-state index contributed by atoms with van der Waals surface area (Å²) in [7, 11) is 1.72. The number of amides is 1. The van der Waals surface area contributed by atoms with Crippen LogP contribution in [-0.2, 0) is 25.5 Å². The molecule has 2 saturated heterocycles. The van der Waals surface area contributed by atoms with Crippen molar-refractivity contribution in [3.05, 3.63) is 24.3 Å². The zero-order valence-electron chi connectivity index (χ0n) is 17.3. The molecule has 2 aliphatic heterocycles. The fourth-order valence-corrected chi connectivity index (χ4v) is 3.52. The van der Waals surface area contributed by atoms with Crippen molar-refractivity contribution in [2.24, 2.45) is 0 Å². The van der Waals surface area contributed by atoms with Gasteiger partial charge in [0.1, 0.15) is 6.33 Å². The number of fused-ring (bicyclic) bond motifs is 1. The molecule has 0 bridgehead atoms. The van der Waals surface area contributed by atoms with Gasteiger partial charge in [-0.25, -0.2) is 14.8 Å². The van der Waals surface area contributed by atoms with E-state index in [1.165, 1.54) is 6.33 Å². The van der Waals surface area contributed by atoms with Crippen molar-refractivity contribution in [1.82, 2.24) is 19.8 Å². The molecule has 0 spiro atoms. The third kappa shape index (κ3) is 8.04. The minimum absolute atomic E-state index is 0.203. The number of carbonyl (C=O) groups excluding carboxylic acids is 1. The minimum atomic E-state index is -5.08. The predicted octanol–water partition coefficient (Wildman–Crippen LogP) is 0.991. The summed E-state index contributed by atoms with van der Waals surface area (Å²) < 4.78 is 42.9. The molecule has 0 aliphatic carbocycles. The molecule has 2 fully saturated rings. The Bertz CT molecular complexity index is 708. The van der Waals surface area contributed by atoms with E-state index >= 15 is 0 Å². The number of carboxylic acid groups (broad SMARTS) is 1. The van der Waals surface area contributed by atoms with E-state index < -0.39 is 12.1 Å². The van der Waals surface area contributed by atoms with Crippen molar-refractivity contribution in [3.8, 4) is 0 Å². The van der Waals surface area contributed by atoms with Crippen LogP contribution in [0.25, 0.3) is 0 Å². The topological polar surface area (TPSA) is 105 Å². The second-order valence-electron chi connectivity index (χ2n) is 7.18. The van der Waals surface area contributed by atoms with Gasteiger partial charge >= 0.3 is 12.1 Å². The van der Waals surface area contributed by atoms with Gasteiger partial charge in [0.05, 0.1) is 25.4 Å². The number of likely N-dealkylation sites (tertiary alicyclic amines) is 1. The Kier molecular flexibility index (Phi) is 9.59. The van der Waals surface area contributed by atoms with Gasteiger partial charge in [0.25, 0.3) is 0 Å². The summed E-state index contributed by atoms with van der Waals surface area (Å²) >= 11 is 0. The number of hydrogen-bond donors (Lipinski definition) is 1. The van der Waals surface area contributed by atoms with Gasteiger partial charge in [-0.1, -0.05) is 0 Å². The molecule has 3 heterocycles. The maximum absolute atomic E-state index is 12.6. The number of piperidine rings is 1. The van der Waals surface area contributed by atoms with Gasteiger partial charge in [0.2, 0.25) is 5.91 Å². The molecule has 1 amide bonds. The Balaban J connectivity index is 0.000000423. The van der Waals surface area contributed by atoms with Crippen LogP contribution in [0.1, 0.15) is 18.4 Å². The number of morpholine rings is 1. The van der Waals surface area contributed by atoms with Gasteiger partial charge in [-0.2, -0.15) is 13.2 Å². The molecule has 1 aromatic heterocycles. The number of methoxy groups -OCH3 is 1. The van der Waals surface area contributed by atoms with Crippen LogP contribution < -0.4 is 0 Å². The third-order valence-corrected chi connectivity index (χ3v) is 5.12. The van der Waals surface area contributed by atoms with E-state index in [9.17, 15) is 18.0 Å². The maximum Gasteiger partial charge on any atom is 0.490 e. The number of alkyl halides is 3. The standard InChI is InChI=1S/C17H26N4O3.C2HF3O2/c1-23-8-6-20-7-9-24-16-4-5-21(12-15(16)20)17(22)3-2-14-10-18-13-19-11-14;3-2(4,5)1(6)7/h10-11,13,15-16H,2-9,12H2,1H3;(H,6,7)/t15-,16-;/m0./s1. The number of nitrogens with zero attached hydrogens (tertiary/aromatic N) is 4. The van der Waals surface area contributed by atoms with Crippen molar-refractivity contribution in [1.29, 1.82) is 0 Å². The number of aromatic nitrogens is 2. The fourth-order valence-electron chi connectivity index (χ4n) is 3.52. The number of carboxylic acids is 1. The highest BCUT2D eigenvalue weighted by atomic mass is 19.4. The summed E-state index contributed by atoms with van der Waals surface area (Å²) in [6.45, 7) is 4.82. The number of carbonyl (C=O) groups is 2. The van der Waals surface area contributed by atoms with Crippen LogP contribution in [0, 0.1) is 0 Å². The molecule has 0 radical (unpaired) electrons. The largest absolute Gasteiger partial charge is 0.490 e. The van der Waals surface area contributed by atoms with E-state index in [1.807, 2.05) is 4.90 Å². The number of aryl methyl sites for hydroxylation is 1. The zero-order chi connectivity index (χ0) is 22.9. The van der Waals surface area contributed by atoms with Crippen LogP contribution in [0.4, 0.5) is 13.2 Å². The summed E-state index contributed by atoms with van der Waals surface area (Å²) in [5, 5.41) is 7.12. The highest BCUT2D eigenvalue weighted by Crippen LogP contribution is 2.23. The summed E-state index contributed by atoms with van der Waals surface area (Å²) in [6, 6.07) is 0.284. The van der Waals surface area contributed by atoms with Gasteiger partial charge < -0.3 is 19.5 Å². The van der Waals surface area contributed by atoms with Gasteiger partial charge in [0, 0.05) is 52.1 Å². The first-order valence-corrected chi connectivity index (χ1v) is 9.88. The van der Waals surface area contributed by atoms with Crippen LogP contribution in [0.3, 0.4) is 0 Å². The summed E-state index contributed by atoms with van der Waals surface area (Å²) in [6.07, 6.45) is 2.31. The lowest BCUT2D eigenvalue weighted by Gasteiger charge is -2.47. The summed E-state index contributed by atoms with van der Waals surface area (Å²) in [5.74, 6) is -2.55. The zero-order valence-corrected chi connectivity index (χ0v) is 17.3. The summed E-state index contributed by atoms with van der Waals surface area (Å²) in [5.41, 5.74) is 1.00. The molecule has 2 atom stereocenters. The normalized spacial score (nSPS) is 21.6. The first kappa shape index (κ1) is 25.0. The highest BCUT2D eigenvalue weighted by molar-refractivity contribution is 5.76. The molecular weight excluding hydrogens is 421 g/mol. The maximum atomic E-state index is 12.6. The molecule has 3 rings (SSSR count). The number of rotatable bonds is 6. The van der Waals surface area contributed by atoms with Gasteiger partial charge in [-0.05, 0) is 18.4 Å². The molecule has 0 unspecified atom stereocenters. The number of hydrogen-bond acceptors (Lipinski definition) is 7. The Morgan fingerprint density at radius 2 is 1.97 bits per heavy atom. The molecule has 1 N–H and O–H groups in total. The van der Waals surface area contributed by atoms with Crippen LogP contribution in [0.15, 0.2) is 18.7 Å². The lowest BCUT2D eigenvalue weighted by Crippen LogP contribution is -2.61. The van der Waals surface area contributed by atoms with Crippen molar-refractivity contribution < 1.29 is 37.3 Å². The van der Waals surface area contributed by atoms with Crippen LogP contribution in [0.2, 0.25) is 0 Å². The molecule has 0 aromatic carbocycles. The van der Waals surface area contributed by atoms with Crippen molar-refractivity contribution in [3.63, 3.8) is 0 Å². The smallest absolute Gasteiger partial charge is 0.475 e. The van der Waals surface area contributed by atoms with Gasteiger partial charge in [-0.3, -0.25) is 9.69 Å². The van der Waals surface area contributed by atoms with E-state index in [0.29, 0.717) is 19.4 Å². The SMILES string of the molecule is COCCN1CCO[C@H]2CCN(C(=O)CCc3cncnc3)C[C@@H]21.O=C(O)C(F)(F)F. The van der Waals surface area contributed by atoms with E-state index in [1.54, 1.807) is 19.5 Å². The quantitative estimate of drug-likeness (QED) is 0.687. The lowest BCUT2D eigenvalue weighted by atomic mass is 9.98.